The van der Waals surface area contributed by atoms with Crippen LogP contribution >= 0.6 is 0 Å². The summed E-state index contributed by atoms with van der Waals surface area (Å²) in [5, 5.41) is 0. The fourth-order valence-electron chi connectivity index (χ4n) is 3.69. The van der Waals surface area contributed by atoms with E-state index >= 15 is 0 Å². The molecule has 31 heavy (non-hydrogen) atoms. The number of nitrogens with zero attached hydrogens (tertiary/aromatic N) is 2. The van der Waals surface area contributed by atoms with Crippen molar-refractivity contribution in [1.29, 1.82) is 0 Å². The van der Waals surface area contributed by atoms with Gasteiger partial charge in [0.2, 0.25) is 0 Å². The van der Waals surface area contributed by atoms with Crippen LogP contribution in [-0.4, -0.2) is 26.6 Å². The molecule has 1 aliphatic carbocycles. The average molecular weight is 441 g/mol. The summed E-state index contributed by atoms with van der Waals surface area (Å²) in [6.45, 7) is 19.1. The molecule has 166 valence electrons. The molecule has 1 unspecified atom stereocenters. The van der Waals surface area contributed by atoms with Gasteiger partial charge in [-0.3, -0.25) is 9.64 Å². The molecule has 1 atom stereocenters. The monoisotopic (exact) mass is 440 g/mol. The van der Waals surface area contributed by atoms with Gasteiger partial charge in [-0.25, -0.2) is 6.57 Å². The molecule has 0 aliphatic heterocycles. The van der Waals surface area contributed by atoms with Crippen molar-refractivity contribution < 1.29 is 13.9 Å². The van der Waals surface area contributed by atoms with Crippen LogP contribution in [0.25, 0.3) is 4.85 Å². The van der Waals surface area contributed by atoms with Gasteiger partial charge in [-0.2, -0.15) is 0 Å². The Bertz CT molecular complexity index is 1020. The van der Waals surface area contributed by atoms with Gasteiger partial charge in [0.1, 0.15) is 6.54 Å². The van der Waals surface area contributed by atoms with Gasteiger partial charge in [-0.1, -0.05) is 0 Å². The van der Waals surface area contributed by atoms with Gasteiger partial charge in [-0.15, -0.1) is 0 Å². The van der Waals surface area contributed by atoms with Gasteiger partial charge in [0.05, 0.1) is 19.3 Å². The molecule has 7 heteroatoms. The molecular formula is C24H32N2O4Si. The first-order valence-electron chi connectivity index (χ1n) is 10.6. The Labute approximate surface area is 185 Å². The molecular weight excluding hydrogens is 408 g/mol. The van der Waals surface area contributed by atoms with E-state index in [1.165, 1.54) is 12.8 Å². The van der Waals surface area contributed by atoms with E-state index in [1.54, 1.807) is 19.2 Å². The highest BCUT2D eigenvalue weighted by molar-refractivity contribution is 6.69. The molecule has 1 saturated carbocycles. The van der Waals surface area contributed by atoms with E-state index in [9.17, 15) is 4.79 Å². The van der Waals surface area contributed by atoms with Crippen LogP contribution in [0.4, 0.5) is 0 Å². The maximum absolute atomic E-state index is 11.9. The number of aromatic nitrogens is 1. The Kier molecular flexibility index (Phi) is 6.63. The molecule has 0 N–H and O–H groups in total. The van der Waals surface area contributed by atoms with Gasteiger partial charge in [0, 0.05) is 23.5 Å². The van der Waals surface area contributed by atoms with Crippen LogP contribution in [0.2, 0.25) is 19.6 Å². The predicted octanol–water partition coefficient (Wildman–Crippen LogP) is 4.89. The summed E-state index contributed by atoms with van der Waals surface area (Å²) in [4.78, 5) is 16.0. The van der Waals surface area contributed by atoms with Crippen molar-refractivity contribution in [1.82, 2.24) is 4.57 Å². The van der Waals surface area contributed by atoms with Crippen molar-refractivity contribution in [3.63, 3.8) is 0 Å². The highest BCUT2D eigenvalue weighted by Crippen LogP contribution is 2.39. The second kappa shape index (κ2) is 8.89. The van der Waals surface area contributed by atoms with Crippen LogP contribution in [0.15, 0.2) is 35.1 Å². The van der Waals surface area contributed by atoms with Crippen LogP contribution in [0.5, 0.6) is 11.5 Å². The normalized spacial score (nSPS) is 15.8. The summed E-state index contributed by atoms with van der Waals surface area (Å²) in [5.41, 5.74) is 1.06. The number of aryl methyl sites for hydroxylation is 2. The largest absolute Gasteiger partial charge is 0.493 e. The maximum Gasteiger partial charge on any atom is 0.372 e. The van der Waals surface area contributed by atoms with Gasteiger partial charge < -0.3 is 18.5 Å². The van der Waals surface area contributed by atoms with Crippen molar-refractivity contribution in [2.24, 2.45) is 5.92 Å². The van der Waals surface area contributed by atoms with E-state index in [0.717, 1.165) is 17.0 Å². The first-order chi connectivity index (χ1) is 14.6. The molecule has 0 amide bonds. The molecule has 0 spiro atoms. The predicted molar refractivity (Wildman–Crippen MR) is 124 cm³/mol. The number of rotatable bonds is 9. The number of benzene rings is 1. The van der Waals surface area contributed by atoms with Crippen LogP contribution in [0.3, 0.4) is 0 Å². The lowest BCUT2D eigenvalue weighted by atomic mass is 10.0. The first-order valence-corrected chi connectivity index (χ1v) is 14.1. The summed E-state index contributed by atoms with van der Waals surface area (Å²) in [6, 6.07) is 8.79. The SMILES string of the molecule is [C-]#[N+]C(Cn1c(C)cc(=O)cc1C)(O[Si](C)(C)C)c1ccc(OC)c(OCC2CC2)c1. The van der Waals surface area contributed by atoms with Crippen molar-refractivity contribution in [2.75, 3.05) is 13.7 Å². The topological polar surface area (TPSA) is 54.1 Å². The molecule has 0 saturated heterocycles. The van der Waals surface area contributed by atoms with E-state index in [1.807, 2.05) is 36.6 Å². The second-order valence-electron chi connectivity index (χ2n) is 9.29. The highest BCUT2D eigenvalue weighted by Gasteiger charge is 2.46. The summed E-state index contributed by atoms with van der Waals surface area (Å²) < 4.78 is 20.1. The molecule has 1 aromatic heterocycles. The molecule has 3 rings (SSSR count). The van der Waals surface area contributed by atoms with Gasteiger partial charge in [-0.05, 0) is 70.4 Å². The van der Waals surface area contributed by atoms with E-state index < -0.39 is 14.0 Å². The van der Waals surface area contributed by atoms with E-state index in [0.29, 0.717) is 24.0 Å². The maximum atomic E-state index is 11.9. The lowest BCUT2D eigenvalue weighted by Gasteiger charge is -2.31. The fraction of sp³-hybridized carbons (Fsp3) is 0.500. The lowest BCUT2D eigenvalue weighted by Crippen LogP contribution is -2.42. The lowest BCUT2D eigenvalue weighted by molar-refractivity contribution is 0.0851. The zero-order valence-electron chi connectivity index (χ0n) is 19.3. The Hall–Kier alpha value is -2.56. The van der Waals surface area contributed by atoms with Crippen LogP contribution in [0, 0.1) is 26.3 Å². The molecule has 6 nitrogen and oxygen atoms in total. The quantitative estimate of drug-likeness (QED) is 0.412. The molecule has 1 heterocycles. The number of ether oxygens (including phenoxy) is 2. The van der Waals surface area contributed by atoms with Crippen molar-refractivity contribution in [3.05, 3.63) is 68.9 Å². The Morgan fingerprint density at radius 2 is 1.77 bits per heavy atom. The second-order valence-corrected chi connectivity index (χ2v) is 13.7. The summed E-state index contributed by atoms with van der Waals surface area (Å²) in [5.74, 6) is 1.88. The Morgan fingerprint density at radius 1 is 1.13 bits per heavy atom. The fourth-order valence-corrected chi connectivity index (χ4v) is 4.93. The van der Waals surface area contributed by atoms with E-state index in [-0.39, 0.29) is 12.0 Å². The van der Waals surface area contributed by atoms with Gasteiger partial charge >= 0.3 is 5.72 Å². The van der Waals surface area contributed by atoms with Crippen LogP contribution < -0.4 is 14.9 Å². The standard InChI is InChI=1S/C24H32N2O4Si/c1-17-12-21(27)13-18(2)26(17)16-24(25-3,30-31(5,6)7)20-10-11-22(28-4)23(14-20)29-15-19-8-9-19/h10-14,19H,8-9,15-16H2,1-2,4-7H3. The van der Waals surface area contributed by atoms with Crippen molar-refractivity contribution in [2.45, 2.75) is 58.6 Å². The summed E-state index contributed by atoms with van der Waals surface area (Å²) >= 11 is 0. The van der Waals surface area contributed by atoms with Crippen LogP contribution in [-0.2, 0) is 16.7 Å². The molecule has 2 aromatic rings. The number of hydrogen-bond acceptors (Lipinski definition) is 4. The smallest absolute Gasteiger partial charge is 0.372 e. The molecule has 0 radical (unpaired) electrons. The van der Waals surface area contributed by atoms with E-state index in [4.69, 9.17) is 20.5 Å². The van der Waals surface area contributed by atoms with Crippen LogP contribution in [0.1, 0.15) is 29.8 Å². The summed E-state index contributed by atoms with van der Waals surface area (Å²) in [7, 11) is -0.505. The molecule has 1 fully saturated rings. The van der Waals surface area contributed by atoms with Crippen molar-refractivity contribution in [3.8, 4) is 11.5 Å². The molecule has 0 bridgehead atoms. The number of pyridine rings is 1. The third-order valence-corrected chi connectivity index (χ3v) is 6.32. The number of hydrogen-bond donors (Lipinski definition) is 0. The Morgan fingerprint density at radius 3 is 2.29 bits per heavy atom. The van der Waals surface area contributed by atoms with Gasteiger partial charge in [0.25, 0.3) is 0 Å². The zero-order chi connectivity index (χ0) is 22.8. The average Bonchev–Trinajstić information content (AvgIpc) is 3.51. The molecule has 1 aromatic carbocycles. The summed E-state index contributed by atoms with van der Waals surface area (Å²) in [6.07, 6.45) is 2.38. The van der Waals surface area contributed by atoms with E-state index in [2.05, 4.69) is 24.5 Å². The first kappa shape index (κ1) is 23.1. The minimum absolute atomic E-state index is 0.0361. The molecule has 1 aliphatic rings. The number of methoxy groups -OCH3 is 1. The highest BCUT2D eigenvalue weighted by atomic mass is 28.4. The third-order valence-electron chi connectivity index (χ3n) is 5.37. The zero-order valence-corrected chi connectivity index (χ0v) is 20.3. The third kappa shape index (κ3) is 5.57. The van der Waals surface area contributed by atoms with Crippen molar-refractivity contribution >= 4 is 8.32 Å². The van der Waals surface area contributed by atoms with Gasteiger partial charge in [0.15, 0.2) is 25.2 Å². The minimum atomic E-state index is -2.12. The Balaban J connectivity index is 2.09. The minimum Gasteiger partial charge on any atom is -0.493 e.